The van der Waals surface area contributed by atoms with Gasteiger partial charge >= 0.3 is 0 Å². The van der Waals surface area contributed by atoms with Gasteiger partial charge in [-0.1, -0.05) is 28.1 Å². The maximum atomic E-state index is 12.3. The van der Waals surface area contributed by atoms with E-state index in [1.54, 1.807) is 19.1 Å². The van der Waals surface area contributed by atoms with E-state index in [2.05, 4.69) is 21.2 Å². The van der Waals surface area contributed by atoms with Crippen LogP contribution in [0.5, 0.6) is 5.75 Å². The van der Waals surface area contributed by atoms with Crippen LogP contribution >= 0.6 is 15.9 Å². The predicted octanol–water partition coefficient (Wildman–Crippen LogP) is 3.98. The van der Waals surface area contributed by atoms with Gasteiger partial charge in [0.2, 0.25) is 0 Å². The molecule has 1 N–H and O–H groups in total. The molecule has 5 heteroatoms. The van der Waals surface area contributed by atoms with Gasteiger partial charge < -0.3 is 10.1 Å². The number of fused-ring (bicyclic) bond motifs is 1. The summed E-state index contributed by atoms with van der Waals surface area (Å²) in [5.41, 5.74) is 2.32. The largest absolute Gasteiger partial charge is 0.481 e. The van der Waals surface area contributed by atoms with Crippen LogP contribution in [0.1, 0.15) is 29.3 Å². The average Bonchev–Trinajstić information content (AvgIpc) is 2.92. The van der Waals surface area contributed by atoms with Crippen molar-refractivity contribution in [2.75, 3.05) is 5.32 Å². The fourth-order valence-corrected chi connectivity index (χ4v) is 2.85. The van der Waals surface area contributed by atoms with Crippen molar-refractivity contribution in [1.82, 2.24) is 0 Å². The van der Waals surface area contributed by atoms with E-state index in [9.17, 15) is 9.59 Å². The van der Waals surface area contributed by atoms with E-state index in [1.807, 2.05) is 30.3 Å². The Labute approximate surface area is 143 Å². The number of rotatable bonds is 4. The molecule has 0 saturated carbocycles. The standard InChI is InChI=1S/C18H16BrNO3/c1-11(18(22)20-13-7-5-12(19)6-8-13)23-17-4-2-3-14-15(17)9-10-16(14)21/h2-8,11H,9-10H2,1H3,(H,20,22)/t11-/m1/s1. The highest BCUT2D eigenvalue weighted by molar-refractivity contribution is 9.10. The van der Waals surface area contributed by atoms with Gasteiger partial charge in [-0.3, -0.25) is 9.59 Å². The third-order valence-electron chi connectivity index (χ3n) is 3.82. The van der Waals surface area contributed by atoms with Crippen molar-refractivity contribution in [3.05, 3.63) is 58.1 Å². The molecule has 0 fully saturated rings. The fourth-order valence-electron chi connectivity index (χ4n) is 2.59. The van der Waals surface area contributed by atoms with Crippen LogP contribution < -0.4 is 10.1 Å². The van der Waals surface area contributed by atoms with Crippen molar-refractivity contribution in [1.29, 1.82) is 0 Å². The quantitative estimate of drug-likeness (QED) is 0.881. The van der Waals surface area contributed by atoms with Crippen LogP contribution in [0.25, 0.3) is 0 Å². The number of Topliss-reactive ketones (excluding diaryl/α,β-unsaturated/α-hetero) is 1. The number of ketones is 1. The molecule has 4 nitrogen and oxygen atoms in total. The lowest BCUT2D eigenvalue weighted by Gasteiger charge is -2.17. The number of halogens is 1. The van der Waals surface area contributed by atoms with Crippen molar-refractivity contribution in [2.24, 2.45) is 0 Å². The third kappa shape index (κ3) is 3.45. The van der Waals surface area contributed by atoms with E-state index in [0.717, 1.165) is 10.0 Å². The Kier molecular flexibility index (Phi) is 4.48. The van der Waals surface area contributed by atoms with Crippen LogP contribution in [0.2, 0.25) is 0 Å². The molecule has 0 radical (unpaired) electrons. The Morgan fingerprint density at radius 1 is 1.17 bits per heavy atom. The molecule has 1 aliphatic rings. The van der Waals surface area contributed by atoms with Crippen LogP contribution in [0.3, 0.4) is 0 Å². The molecule has 1 aliphatic carbocycles. The predicted molar refractivity (Wildman–Crippen MR) is 92.0 cm³/mol. The van der Waals surface area contributed by atoms with E-state index in [1.165, 1.54) is 0 Å². The van der Waals surface area contributed by atoms with E-state index in [0.29, 0.717) is 29.8 Å². The highest BCUT2D eigenvalue weighted by Gasteiger charge is 2.24. The first kappa shape index (κ1) is 15.7. The number of carbonyl (C=O) groups excluding carboxylic acids is 2. The molecule has 0 aliphatic heterocycles. The summed E-state index contributed by atoms with van der Waals surface area (Å²) in [4.78, 5) is 24.0. The smallest absolute Gasteiger partial charge is 0.265 e. The second kappa shape index (κ2) is 6.54. The van der Waals surface area contributed by atoms with Gasteiger partial charge in [-0.05, 0) is 43.7 Å². The Morgan fingerprint density at radius 2 is 1.91 bits per heavy atom. The summed E-state index contributed by atoms with van der Waals surface area (Å²) in [6.07, 6.45) is 0.529. The van der Waals surface area contributed by atoms with Crippen LogP contribution in [-0.4, -0.2) is 17.8 Å². The summed E-state index contributed by atoms with van der Waals surface area (Å²) >= 11 is 3.35. The summed E-state index contributed by atoms with van der Waals surface area (Å²) in [7, 11) is 0. The van der Waals surface area contributed by atoms with Crippen molar-refractivity contribution < 1.29 is 14.3 Å². The first-order valence-corrected chi connectivity index (χ1v) is 8.22. The highest BCUT2D eigenvalue weighted by atomic mass is 79.9. The average molecular weight is 374 g/mol. The van der Waals surface area contributed by atoms with Crippen LogP contribution in [0.15, 0.2) is 46.9 Å². The maximum absolute atomic E-state index is 12.3. The van der Waals surface area contributed by atoms with Crippen molar-refractivity contribution in [3.63, 3.8) is 0 Å². The minimum absolute atomic E-state index is 0.136. The van der Waals surface area contributed by atoms with E-state index in [-0.39, 0.29) is 11.7 Å². The summed E-state index contributed by atoms with van der Waals surface area (Å²) < 4.78 is 6.74. The zero-order chi connectivity index (χ0) is 16.4. The lowest BCUT2D eigenvalue weighted by molar-refractivity contribution is -0.122. The molecule has 0 aromatic heterocycles. The van der Waals surface area contributed by atoms with E-state index in [4.69, 9.17) is 4.74 Å². The van der Waals surface area contributed by atoms with Crippen molar-refractivity contribution in [3.8, 4) is 5.75 Å². The molecule has 0 saturated heterocycles. The van der Waals surface area contributed by atoms with Crippen LogP contribution in [-0.2, 0) is 11.2 Å². The van der Waals surface area contributed by atoms with E-state index >= 15 is 0 Å². The third-order valence-corrected chi connectivity index (χ3v) is 4.35. The van der Waals surface area contributed by atoms with Gasteiger partial charge in [0.1, 0.15) is 5.75 Å². The molecule has 118 valence electrons. The first-order valence-electron chi connectivity index (χ1n) is 7.43. The molecule has 0 heterocycles. The van der Waals surface area contributed by atoms with Gasteiger partial charge in [0.25, 0.3) is 5.91 Å². The van der Waals surface area contributed by atoms with Crippen molar-refractivity contribution in [2.45, 2.75) is 25.9 Å². The van der Waals surface area contributed by atoms with Gasteiger partial charge in [-0.25, -0.2) is 0 Å². The Balaban J connectivity index is 1.70. The molecule has 1 atom stereocenters. The lowest BCUT2D eigenvalue weighted by atomic mass is 10.1. The SMILES string of the molecule is C[C@@H](Oc1cccc2c1CCC2=O)C(=O)Nc1ccc(Br)cc1. The number of hydrogen-bond donors (Lipinski definition) is 1. The second-order valence-corrected chi connectivity index (χ2v) is 6.38. The fraction of sp³-hybridized carbons (Fsp3) is 0.222. The van der Waals surface area contributed by atoms with E-state index < -0.39 is 6.10 Å². The lowest BCUT2D eigenvalue weighted by Crippen LogP contribution is -2.30. The van der Waals surface area contributed by atoms with Gasteiger partial charge in [0.15, 0.2) is 11.9 Å². The number of anilines is 1. The van der Waals surface area contributed by atoms with Gasteiger partial charge in [-0.2, -0.15) is 0 Å². The molecule has 2 aromatic carbocycles. The Morgan fingerprint density at radius 3 is 2.65 bits per heavy atom. The van der Waals surface area contributed by atoms with Gasteiger partial charge in [0.05, 0.1) is 0 Å². The number of amides is 1. The molecular formula is C18H16BrNO3. The summed E-state index contributed by atoms with van der Waals surface area (Å²) in [5, 5.41) is 2.81. The minimum Gasteiger partial charge on any atom is -0.481 e. The van der Waals surface area contributed by atoms with Crippen LogP contribution in [0.4, 0.5) is 5.69 Å². The zero-order valence-corrected chi connectivity index (χ0v) is 14.2. The normalized spacial score (nSPS) is 14.3. The number of ether oxygens (including phenoxy) is 1. The molecular weight excluding hydrogens is 358 g/mol. The number of carbonyl (C=O) groups is 2. The number of hydrogen-bond acceptors (Lipinski definition) is 3. The Hall–Kier alpha value is -2.14. The number of benzene rings is 2. The minimum atomic E-state index is -0.652. The highest BCUT2D eigenvalue weighted by Crippen LogP contribution is 2.31. The zero-order valence-electron chi connectivity index (χ0n) is 12.6. The number of nitrogens with one attached hydrogen (secondary N) is 1. The molecule has 0 spiro atoms. The van der Waals surface area contributed by atoms with Crippen molar-refractivity contribution >= 4 is 33.3 Å². The Bertz CT molecular complexity index is 755. The van der Waals surface area contributed by atoms with Crippen LogP contribution in [0, 0.1) is 0 Å². The van der Waals surface area contributed by atoms with Gasteiger partial charge in [0, 0.05) is 27.7 Å². The van der Waals surface area contributed by atoms with Gasteiger partial charge in [-0.15, -0.1) is 0 Å². The molecule has 0 unspecified atom stereocenters. The topological polar surface area (TPSA) is 55.4 Å². The molecule has 1 amide bonds. The monoisotopic (exact) mass is 373 g/mol. The summed E-state index contributed by atoms with van der Waals surface area (Å²) in [6.45, 7) is 1.70. The summed E-state index contributed by atoms with van der Waals surface area (Å²) in [6, 6.07) is 12.7. The molecule has 2 aromatic rings. The molecule has 0 bridgehead atoms. The second-order valence-electron chi connectivity index (χ2n) is 5.46. The summed E-state index contributed by atoms with van der Waals surface area (Å²) in [5.74, 6) is 0.526. The first-order chi connectivity index (χ1) is 11.0. The molecule has 23 heavy (non-hydrogen) atoms. The molecule has 3 rings (SSSR count). The maximum Gasteiger partial charge on any atom is 0.265 e.